The van der Waals surface area contributed by atoms with Crippen LogP contribution in [-0.2, 0) is 27.7 Å². The predicted molar refractivity (Wildman–Crippen MR) is 143 cm³/mol. The van der Waals surface area contributed by atoms with Gasteiger partial charge in [0.25, 0.3) is 0 Å². The average Bonchev–Trinajstić information content (AvgIpc) is 2.92. The molecule has 0 bridgehead atoms. The molecule has 0 aliphatic heterocycles. The number of methoxy groups -OCH3 is 1. The Kier molecular flexibility index (Phi) is 11.0. The first-order valence-corrected chi connectivity index (χ1v) is 13.6. The molecule has 0 saturated heterocycles. The summed E-state index contributed by atoms with van der Waals surface area (Å²) in [6, 6.07) is 15.0. The molecule has 0 fully saturated rings. The molecule has 1 heterocycles. The number of alkyl halides is 3. The Morgan fingerprint density at radius 3 is 2.39 bits per heavy atom. The van der Waals surface area contributed by atoms with E-state index in [0.29, 0.717) is 42.5 Å². The maximum atomic E-state index is 13.0. The topological polar surface area (TPSA) is 139 Å². The number of pyridine rings is 1. The molecule has 222 valence electrons. The third-order valence-electron chi connectivity index (χ3n) is 5.25. The van der Waals surface area contributed by atoms with Gasteiger partial charge in [-0.15, -0.1) is 0 Å². The van der Waals surface area contributed by atoms with Crippen LogP contribution in [-0.4, -0.2) is 62.0 Å². The van der Waals surface area contributed by atoms with Crippen LogP contribution in [0.3, 0.4) is 0 Å². The molecule has 3 N–H and O–H groups in total. The lowest BCUT2D eigenvalue weighted by Crippen LogP contribution is -2.48. The van der Waals surface area contributed by atoms with Gasteiger partial charge in [0, 0.05) is 19.0 Å². The predicted octanol–water partition coefficient (Wildman–Crippen LogP) is 4.61. The number of aromatic nitrogens is 1. The summed E-state index contributed by atoms with van der Waals surface area (Å²) in [5.41, 5.74) is -0.294. The minimum absolute atomic E-state index is 0.203. The standard InChI is InChI=1S/C25H26ClF3N4O7S/c1-38-11-12-39-20-9-7-19(8-10-20)32-22(40-23-21(26)13-18(14-30-23)25(27,28)29)15-31-41(36,37)33(24(34)35)16-17-5-3-2-4-6-17/h2-10,13-14,22,31-32H,11-12,15-16H2,1H3,(H,34,35). The maximum absolute atomic E-state index is 13.0. The van der Waals surface area contributed by atoms with Gasteiger partial charge < -0.3 is 24.6 Å². The molecule has 11 nitrogen and oxygen atoms in total. The zero-order valence-corrected chi connectivity index (χ0v) is 23.0. The molecule has 16 heteroatoms. The van der Waals surface area contributed by atoms with Crippen LogP contribution in [0.1, 0.15) is 11.1 Å². The highest BCUT2D eigenvalue weighted by Gasteiger charge is 2.32. The second-order valence-corrected chi connectivity index (χ2v) is 10.3. The van der Waals surface area contributed by atoms with E-state index in [0.717, 1.165) is 0 Å². The Bertz CT molecular complexity index is 1400. The number of halogens is 4. The van der Waals surface area contributed by atoms with Gasteiger partial charge in [-0.1, -0.05) is 41.9 Å². The van der Waals surface area contributed by atoms with Crippen LogP contribution < -0.4 is 19.5 Å². The van der Waals surface area contributed by atoms with E-state index >= 15 is 0 Å². The fourth-order valence-corrected chi connectivity index (χ4v) is 4.52. The van der Waals surface area contributed by atoms with E-state index in [9.17, 15) is 31.5 Å². The maximum Gasteiger partial charge on any atom is 0.422 e. The van der Waals surface area contributed by atoms with Crippen molar-refractivity contribution < 1.29 is 45.7 Å². The lowest BCUT2D eigenvalue weighted by molar-refractivity contribution is -0.137. The average molecular weight is 619 g/mol. The number of hydrogen-bond donors (Lipinski definition) is 3. The number of hydrogen-bond acceptors (Lipinski definition) is 8. The van der Waals surface area contributed by atoms with Crippen molar-refractivity contribution in [3.05, 3.63) is 83.0 Å². The number of anilines is 1. The van der Waals surface area contributed by atoms with E-state index in [1.165, 1.54) is 7.11 Å². The second kappa shape index (κ2) is 14.2. The number of amides is 1. The Labute approximate surface area is 239 Å². The van der Waals surface area contributed by atoms with Crippen LogP contribution in [0.15, 0.2) is 66.9 Å². The summed E-state index contributed by atoms with van der Waals surface area (Å²) in [5, 5.41) is 11.9. The highest BCUT2D eigenvalue weighted by Crippen LogP contribution is 2.33. The summed E-state index contributed by atoms with van der Waals surface area (Å²) in [6.45, 7) is -0.375. The molecular weight excluding hydrogens is 593 g/mol. The lowest BCUT2D eigenvalue weighted by atomic mass is 10.2. The summed E-state index contributed by atoms with van der Waals surface area (Å²) in [7, 11) is -3.10. The van der Waals surface area contributed by atoms with Crippen molar-refractivity contribution in [3.8, 4) is 11.6 Å². The third-order valence-corrected chi connectivity index (χ3v) is 6.92. The normalized spacial score (nSPS) is 12.4. The van der Waals surface area contributed by atoms with Crippen LogP contribution in [0.5, 0.6) is 11.6 Å². The number of rotatable bonds is 14. The van der Waals surface area contributed by atoms with Crippen molar-refractivity contribution in [2.45, 2.75) is 18.9 Å². The van der Waals surface area contributed by atoms with Crippen LogP contribution >= 0.6 is 11.6 Å². The minimum Gasteiger partial charge on any atom is -0.491 e. The first-order valence-electron chi connectivity index (χ1n) is 11.8. The zero-order valence-electron chi connectivity index (χ0n) is 21.5. The first kappa shape index (κ1) is 31.7. The van der Waals surface area contributed by atoms with Gasteiger partial charge in [-0.25, -0.2) is 9.78 Å². The van der Waals surface area contributed by atoms with E-state index in [2.05, 4.69) is 15.0 Å². The second-order valence-electron chi connectivity index (χ2n) is 8.25. The number of nitrogens with zero attached hydrogens (tertiary/aromatic N) is 2. The molecule has 41 heavy (non-hydrogen) atoms. The molecule has 3 aromatic rings. The van der Waals surface area contributed by atoms with Gasteiger partial charge >= 0.3 is 22.5 Å². The molecule has 0 aliphatic rings. The van der Waals surface area contributed by atoms with Crippen LogP contribution in [0, 0.1) is 0 Å². The summed E-state index contributed by atoms with van der Waals surface area (Å²) in [6.07, 6.45) is -7.22. The molecule has 1 aromatic heterocycles. The smallest absolute Gasteiger partial charge is 0.422 e. The lowest BCUT2D eigenvalue weighted by Gasteiger charge is -2.24. The van der Waals surface area contributed by atoms with E-state index < -0.39 is 58.3 Å². The highest BCUT2D eigenvalue weighted by atomic mass is 35.5. The number of benzene rings is 2. The summed E-state index contributed by atoms with van der Waals surface area (Å²) in [5.74, 6) is 0.0893. The SMILES string of the molecule is COCCOc1ccc(NC(CNS(=O)(=O)N(Cc2ccccc2)C(=O)O)Oc2ncc(C(F)(F)F)cc2Cl)cc1. The fraction of sp³-hybridized carbons (Fsp3) is 0.280. The first-order chi connectivity index (χ1) is 19.4. The number of nitrogens with one attached hydrogen (secondary N) is 2. The number of ether oxygens (including phenoxy) is 3. The molecule has 0 radical (unpaired) electrons. The van der Waals surface area contributed by atoms with Crippen molar-refractivity contribution in [2.24, 2.45) is 0 Å². The summed E-state index contributed by atoms with van der Waals surface area (Å²) >= 11 is 5.97. The quantitative estimate of drug-likeness (QED) is 0.175. The summed E-state index contributed by atoms with van der Waals surface area (Å²) in [4.78, 5) is 15.4. The van der Waals surface area contributed by atoms with Crippen molar-refractivity contribution in [3.63, 3.8) is 0 Å². The molecule has 0 aliphatic carbocycles. The molecule has 0 spiro atoms. The molecule has 1 atom stereocenters. The largest absolute Gasteiger partial charge is 0.491 e. The monoisotopic (exact) mass is 618 g/mol. The fourth-order valence-electron chi connectivity index (χ4n) is 3.26. The molecular formula is C25H26ClF3N4O7S. The van der Waals surface area contributed by atoms with Gasteiger partial charge in [0.05, 0.1) is 25.3 Å². The molecule has 2 aromatic carbocycles. The van der Waals surface area contributed by atoms with E-state index in [1.807, 2.05) is 0 Å². The van der Waals surface area contributed by atoms with E-state index in [1.54, 1.807) is 54.6 Å². The third kappa shape index (κ3) is 9.67. The molecule has 1 unspecified atom stereocenters. The van der Waals surface area contributed by atoms with Crippen LogP contribution in [0.4, 0.5) is 23.7 Å². The van der Waals surface area contributed by atoms with Gasteiger partial charge in [-0.3, -0.25) is 0 Å². The van der Waals surface area contributed by atoms with Crippen molar-refractivity contribution >= 4 is 33.6 Å². The van der Waals surface area contributed by atoms with Gasteiger partial charge in [0.1, 0.15) is 17.4 Å². The van der Waals surface area contributed by atoms with Crippen LogP contribution in [0.2, 0.25) is 5.02 Å². The number of carbonyl (C=O) groups is 1. The highest BCUT2D eigenvalue weighted by molar-refractivity contribution is 7.87. The Morgan fingerprint density at radius 1 is 1.12 bits per heavy atom. The van der Waals surface area contributed by atoms with Crippen LogP contribution in [0.25, 0.3) is 0 Å². The Morgan fingerprint density at radius 2 is 1.80 bits per heavy atom. The molecule has 3 rings (SSSR count). The van der Waals surface area contributed by atoms with E-state index in [-0.39, 0.29) is 4.31 Å². The number of carboxylic acid groups (broad SMARTS) is 1. The van der Waals surface area contributed by atoms with Crippen molar-refractivity contribution in [1.29, 1.82) is 0 Å². The molecule has 0 saturated carbocycles. The Balaban J connectivity index is 1.81. The molecule has 1 amide bonds. The van der Waals surface area contributed by atoms with Gasteiger partial charge in [-0.05, 0) is 35.9 Å². The van der Waals surface area contributed by atoms with Gasteiger partial charge in [0.15, 0.2) is 6.23 Å². The minimum atomic E-state index is -4.70. The summed E-state index contributed by atoms with van der Waals surface area (Å²) < 4.78 is 83.3. The van der Waals surface area contributed by atoms with Crippen molar-refractivity contribution in [2.75, 3.05) is 32.2 Å². The van der Waals surface area contributed by atoms with Gasteiger partial charge in [0.2, 0.25) is 5.88 Å². The van der Waals surface area contributed by atoms with Gasteiger partial charge in [-0.2, -0.15) is 30.6 Å². The van der Waals surface area contributed by atoms with Crippen molar-refractivity contribution in [1.82, 2.24) is 14.0 Å². The zero-order chi connectivity index (χ0) is 30.0. The van der Waals surface area contributed by atoms with E-state index in [4.69, 9.17) is 25.8 Å². The Hall–Kier alpha value is -3.79.